The predicted octanol–water partition coefficient (Wildman–Crippen LogP) is 2.80. The molecule has 7 nitrogen and oxygen atoms in total. The Morgan fingerprint density at radius 2 is 2.32 bits per heavy atom. The van der Waals surface area contributed by atoms with E-state index in [2.05, 4.69) is 33.5 Å². The van der Waals surface area contributed by atoms with Crippen LogP contribution in [0.15, 0.2) is 12.3 Å². The number of aliphatic hydroxyl groups excluding tert-OH is 1. The summed E-state index contributed by atoms with van der Waals surface area (Å²) in [5.74, 6) is 1.56. The molecule has 0 aliphatic carbocycles. The zero-order valence-corrected chi connectivity index (χ0v) is 17.8. The van der Waals surface area contributed by atoms with Gasteiger partial charge in [-0.05, 0) is 50.5 Å². The minimum atomic E-state index is -0.550. The average Bonchev–Trinajstić information content (AvgIpc) is 3.16. The molecule has 2 aromatic heterocycles. The summed E-state index contributed by atoms with van der Waals surface area (Å²) in [5.41, 5.74) is 0.784. The van der Waals surface area contributed by atoms with Crippen molar-refractivity contribution in [2.75, 3.05) is 38.7 Å². The van der Waals surface area contributed by atoms with Gasteiger partial charge in [-0.25, -0.2) is 9.97 Å². The second kappa shape index (κ2) is 8.20. The lowest BCUT2D eigenvalue weighted by Crippen LogP contribution is -2.42. The summed E-state index contributed by atoms with van der Waals surface area (Å²) < 4.78 is 9.96. The molecule has 2 N–H and O–H groups in total. The number of likely N-dealkylation sites (tertiary alicyclic amines) is 1. The van der Waals surface area contributed by atoms with Crippen LogP contribution in [0.2, 0.25) is 5.02 Å². The Labute approximate surface area is 174 Å². The van der Waals surface area contributed by atoms with E-state index in [1.165, 1.54) is 11.5 Å². The highest BCUT2D eigenvalue weighted by molar-refractivity contribution is 7.09. The minimum absolute atomic E-state index is 0.0332. The summed E-state index contributed by atoms with van der Waals surface area (Å²) in [6.45, 7) is 5.28. The van der Waals surface area contributed by atoms with Gasteiger partial charge in [-0.3, -0.25) is 0 Å². The van der Waals surface area contributed by atoms with Crippen LogP contribution in [0.4, 0.5) is 5.82 Å². The molecule has 2 fully saturated rings. The topological polar surface area (TPSA) is 83.4 Å². The number of piperidine rings is 1. The molecular weight excluding hydrogens is 398 g/mol. The fourth-order valence-electron chi connectivity index (χ4n) is 4.02. The number of aromatic nitrogens is 3. The molecule has 0 aromatic carbocycles. The first-order valence-electron chi connectivity index (χ1n) is 9.66. The molecule has 0 spiro atoms. The maximum atomic E-state index is 10.1. The Kier molecular flexibility index (Phi) is 5.85. The van der Waals surface area contributed by atoms with Crippen molar-refractivity contribution in [2.24, 2.45) is 0 Å². The van der Waals surface area contributed by atoms with Crippen LogP contribution >= 0.6 is 23.1 Å². The predicted molar refractivity (Wildman–Crippen MR) is 111 cm³/mol. The maximum absolute atomic E-state index is 10.1. The standard InChI is InChI=1S/C19H26ClN5O2S/c1-19(5-3-6-25(2)11-19)18-23-17(28-24-18)12-8-16(21-9-13(12)20)22-14-4-7-27-10-15(14)26/h8-9,14-15,26H,3-7,10-11H2,1-2H3,(H,21,22)/t14-,15-,19-/m1/s1. The zero-order chi connectivity index (χ0) is 19.7. The molecule has 2 aromatic rings. The monoisotopic (exact) mass is 423 g/mol. The van der Waals surface area contributed by atoms with E-state index in [9.17, 15) is 5.11 Å². The SMILES string of the molecule is CN1CCC[C@@](C)(c2nsc(-c3cc(N[C@@H]4CCOC[C@H]4O)ncc3Cl)n2)C1. The number of anilines is 1. The molecule has 0 unspecified atom stereocenters. The van der Waals surface area contributed by atoms with Crippen LogP contribution in [0.3, 0.4) is 0 Å². The van der Waals surface area contributed by atoms with Gasteiger partial charge in [0.2, 0.25) is 0 Å². The van der Waals surface area contributed by atoms with E-state index in [4.69, 9.17) is 21.3 Å². The van der Waals surface area contributed by atoms with Crippen LogP contribution < -0.4 is 5.32 Å². The van der Waals surface area contributed by atoms with Crippen molar-refractivity contribution in [3.63, 3.8) is 0 Å². The number of ether oxygens (including phenoxy) is 1. The molecule has 2 aliphatic heterocycles. The van der Waals surface area contributed by atoms with Crippen LogP contribution in [-0.2, 0) is 10.2 Å². The molecular formula is C19H26ClN5O2S. The number of hydrogen-bond donors (Lipinski definition) is 2. The third-order valence-electron chi connectivity index (χ3n) is 5.60. The zero-order valence-electron chi connectivity index (χ0n) is 16.2. The van der Waals surface area contributed by atoms with Crippen molar-refractivity contribution < 1.29 is 9.84 Å². The van der Waals surface area contributed by atoms with Crippen molar-refractivity contribution >= 4 is 29.0 Å². The van der Waals surface area contributed by atoms with Crippen molar-refractivity contribution in [1.29, 1.82) is 0 Å². The third kappa shape index (κ3) is 4.16. The number of hydrogen-bond acceptors (Lipinski definition) is 8. The molecule has 0 amide bonds. The smallest absolute Gasteiger partial charge is 0.150 e. The van der Waals surface area contributed by atoms with Crippen molar-refractivity contribution in [2.45, 2.75) is 43.7 Å². The molecule has 0 radical (unpaired) electrons. The number of likely N-dealkylation sites (N-methyl/N-ethyl adjacent to an activating group) is 1. The molecule has 0 saturated carbocycles. The minimum Gasteiger partial charge on any atom is -0.389 e. The van der Waals surface area contributed by atoms with Crippen LogP contribution in [-0.4, -0.2) is 69.8 Å². The molecule has 152 valence electrons. The number of aliphatic hydroxyl groups is 1. The number of rotatable bonds is 4. The van der Waals surface area contributed by atoms with Gasteiger partial charge in [0.15, 0.2) is 0 Å². The van der Waals surface area contributed by atoms with Gasteiger partial charge >= 0.3 is 0 Å². The molecule has 2 saturated heterocycles. The molecule has 4 heterocycles. The Balaban J connectivity index is 1.56. The third-order valence-corrected chi connectivity index (χ3v) is 6.65. The van der Waals surface area contributed by atoms with Crippen LogP contribution in [0.25, 0.3) is 10.6 Å². The number of nitrogens with one attached hydrogen (secondary N) is 1. The van der Waals surface area contributed by atoms with Crippen molar-refractivity contribution in [1.82, 2.24) is 19.2 Å². The van der Waals surface area contributed by atoms with Crippen LogP contribution in [0.1, 0.15) is 32.0 Å². The van der Waals surface area contributed by atoms with Crippen LogP contribution in [0, 0.1) is 0 Å². The fourth-order valence-corrected chi connectivity index (χ4v) is 5.09. The van der Waals surface area contributed by atoms with Crippen molar-refractivity contribution in [3.8, 4) is 10.6 Å². The highest BCUT2D eigenvalue weighted by atomic mass is 35.5. The normalized spacial score (nSPS) is 29.0. The van der Waals surface area contributed by atoms with E-state index in [0.29, 0.717) is 24.1 Å². The van der Waals surface area contributed by atoms with Gasteiger partial charge < -0.3 is 20.1 Å². The molecule has 2 aliphatic rings. The largest absolute Gasteiger partial charge is 0.389 e. The van der Waals surface area contributed by atoms with E-state index in [1.54, 1.807) is 6.20 Å². The molecule has 9 heteroatoms. The van der Waals surface area contributed by atoms with Gasteiger partial charge in [-0.2, -0.15) is 4.37 Å². The summed E-state index contributed by atoms with van der Waals surface area (Å²) in [6, 6.07) is 1.81. The van der Waals surface area contributed by atoms with Gasteiger partial charge in [0.25, 0.3) is 0 Å². The van der Waals surface area contributed by atoms with Crippen LogP contribution in [0.5, 0.6) is 0 Å². The number of nitrogens with zero attached hydrogens (tertiary/aromatic N) is 4. The lowest BCUT2D eigenvalue weighted by atomic mass is 9.81. The lowest BCUT2D eigenvalue weighted by Gasteiger charge is -2.36. The first kappa shape index (κ1) is 20.0. The molecule has 3 atom stereocenters. The Morgan fingerprint density at radius 3 is 3.11 bits per heavy atom. The summed E-state index contributed by atoms with van der Waals surface area (Å²) in [4.78, 5) is 11.6. The van der Waals surface area contributed by atoms with Gasteiger partial charge in [-0.15, -0.1) is 0 Å². The van der Waals surface area contributed by atoms with Gasteiger partial charge in [0.05, 0.1) is 23.8 Å². The average molecular weight is 424 g/mol. The van der Waals surface area contributed by atoms with Gasteiger partial charge in [0.1, 0.15) is 16.6 Å². The summed E-state index contributed by atoms with van der Waals surface area (Å²) in [5, 5.41) is 14.8. The maximum Gasteiger partial charge on any atom is 0.150 e. The molecule has 4 rings (SSSR count). The molecule has 28 heavy (non-hydrogen) atoms. The fraction of sp³-hybridized carbons (Fsp3) is 0.632. The highest BCUT2D eigenvalue weighted by Crippen LogP contribution is 2.36. The Bertz CT molecular complexity index is 834. The Morgan fingerprint density at radius 1 is 1.46 bits per heavy atom. The van der Waals surface area contributed by atoms with E-state index >= 15 is 0 Å². The van der Waals surface area contributed by atoms with Gasteiger partial charge in [-0.1, -0.05) is 18.5 Å². The second-order valence-electron chi connectivity index (χ2n) is 8.06. The summed E-state index contributed by atoms with van der Waals surface area (Å²) in [6.07, 6.45) is 4.05. The highest BCUT2D eigenvalue weighted by Gasteiger charge is 2.35. The van der Waals surface area contributed by atoms with E-state index in [1.807, 2.05) is 6.07 Å². The number of halogens is 1. The summed E-state index contributed by atoms with van der Waals surface area (Å²) >= 11 is 7.80. The van der Waals surface area contributed by atoms with Crippen molar-refractivity contribution in [3.05, 3.63) is 23.1 Å². The quantitative estimate of drug-likeness (QED) is 0.782. The van der Waals surface area contributed by atoms with E-state index < -0.39 is 6.10 Å². The summed E-state index contributed by atoms with van der Waals surface area (Å²) in [7, 11) is 2.15. The van der Waals surface area contributed by atoms with E-state index in [0.717, 1.165) is 48.7 Å². The first-order chi connectivity index (χ1) is 13.4. The second-order valence-corrected chi connectivity index (χ2v) is 9.22. The number of pyridine rings is 1. The first-order valence-corrected chi connectivity index (χ1v) is 10.8. The lowest BCUT2D eigenvalue weighted by molar-refractivity contribution is -0.0135. The Hall–Kier alpha value is -1.32. The van der Waals surface area contributed by atoms with Gasteiger partial charge in [0, 0.05) is 30.3 Å². The van der Waals surface area contributed by atoms with E-state index in [-0.39, 0.29) is 11.5 Å². The molecule has 0 bridgehead atoms.